The van der Waals surface area contributed by atoms with E-state index in [1.807, 2.05) is 18.5 Å². The number of aromatic nitrogens is 1. The molecule has 0 atom stereocenters. The number of pyridine rings is 1. The Morgan fingerprint density at radius 2 is 1.53 bits per heavy atom. The molecule has 3 rings (SSSR count). The van der Waals surface area contributed by atoms with E-state index in [2.05, 4.69) is 65.6 Å². The third-order valence-electron chi connectivity index (χ3n) is 2.83. The van der Waals surface area contributed by atoms with Crippen LogP contribution in [0.4, 0.5) is 0 Å². The fraction of sp³-hybridized carbons (Fsp3) is 0. The van der Waals surface area contributed by atoms with Crippen LogP contribution in [0.5, 0.6) is 0 Å². The second-order valence-electron chi connectivity index (χ2n) is 4.15. The first-order valence-corrected chi connectivity index (χ1v) is 7.87. The number of hydrogen-bond donors (Lipinski definition) is 0. The van der Waals surface area contributed by atoms with Crippen molar-refractivity contribution in [3.05, 3.63) is 79.1 Å². The van der Waals surface area contributed by atoms with Crippen molar-refractivity contribution in [3.63, 3.8) is 0 Å². The van der Waals surface area contributed by atoms with Crippen LogP contribution in [-0.2, 0) is 0 Å². The van der Waals surface area contributed by atoms with E-state index in [4.69, 9.17) is 0 Å². The van der Waals surface area contributed by atoms with Crippen LogP contribution in [-0.4, -0.2) is 19.9 Å². The van der Waals surface area contributed by atoms with Gasteiger partial charge in [-0.05, 0) is 0 Å². The van der Waals surface area contributed by atoms with E-state index in [1.54, 1.807) is 0 Å². The van der Waals surface area contributed by atoms with E-state index in [1.165, 1.54) is 20.1 Å². The fourth-order valence-electron chi connectivity index (χ4n) is 1.93. The average Bonchev–Trinajstić information content (AvgIpc) is 2.50. The van der Waals surface area contributed by atoms with Crippen LogP contribution in [0.1, 0.15) is 0 Å². The van der Waals surface area contributed by atoms with Crippen LogP contribution in [0.3, 0.4) is 0 Å². The topological polar surface area (TPSA) is 12.9 Å². The van der Waals surface area contributed by atoms with Crippen LogP contribution in [0.25, 0.3) is 11.1 Å². The van der Waals surface area contributed by atoms with Gasteiger partial charge in [0, 0.05) is 0 Å². The summed E-state index contributed by atoms with van der Waals surface area (Å²) in [6.07, 6.45) is 3.74. The van der Waals surface area contributed by atoms with Gasteiger partial charge in [0.2, 0.25) is 0 Å². The number of benzene rings is 2. The minimum absolute atomic E-state index is 0.327. The fourth-order valence-corrected chi connectivity index (χ4v) is 4.01. The predicted molar refractivity (Wildman–Crippen MR) is 81.1 cm³/mol. The molecule has 2 aromatic carbocycles. The molecule has 0 aliphatic carbocycles. The Balaban J connectivity index is 1.99. The van der Waals surface area contributed by atoms with Crippen LogP contribution in [0.15, 0.2) is 79.1 Å². The molecule has 0 N–H and O–H groups in total. The van der Waals surface area contributed by atoms with Gasteiger partial charge in [-0.1, -0.05) is 0 Å². The van der Waals surface area contributed by atoms with Crippen LogP contribution in [0.2, 0.25) is 0 Å². The Morgan fingerprint density at radius 1 is 0.737 bits per heavy atom. The Hall–Kier alpha value is -1.89. The molecule has 0 spiro atoms. The normalized spacial score (nSPS) is 10.3. The quantitative estimate of drug-likeness (QED) is 0.677. The molecule has 0 aliphatic heterocycles. The molecule has 0 saturated heterocycles. The maximum absolute atomic E-state index is 4.22. The summed E-state index contributed by atoms with van der Waals surface area (Å²) in [5.74, 6) is 0. The van der Waals surface area contributed by atoms with E-state index in [0.29, 0.717) is 15.0 Å². The number of nitrogens with zero attached hydrogens (tertiary/aromatic N) is 1. The van der Waals surface area contributed by atoms with E-state index < -0.39 is 0 Å². The third kappa shape index (κ3) is 2.93. The Morgan fingerprint density at radius 3 is 2.32 bits per heavy atom. The standard InChI is InChI=1S/C17H13NSe/c1-2-8-15(9-3-1)19-17-11-5-4-10-16(17)14-7-6-12-18-13-14/h1-13H. The molecular weight excluding hydrogens is 297 g/mol. The van der Waals surface area contributed by atoms with Gasteiger partial charge in [0.15, 0.2) is 0 Å². The molecular formula is C17H13NSe. The van der Waals surface area contributed by atoms with Gasteiger partial charge in [-0.25, -0.2) is 0 Å². The van der Waals surface area contributed by atoms with E-state index in [-0.39, 0.29) is 0 Å². The Kier molecular flexibility index (Phi) is 3.73. The Labute approximate surface area is 119 Å². The second-order valence-corrected chi connectivity index (χ2v) is 6.49. The van der Waals surface area contributed by atoms with Crippen molar-refractivity contribution < 1.29 is 0 Å². The summed E-state index contributed by atoms with van der Waals surface area (Å²) in [6.45, 7) is 0. The molecule has 0 radical (unpaired) electrons. The molecule has 2 heteroatoms. The van der Waals surface area contributed by atoms with Gasteiger partial charge in [0.25, 0.3) is 0 Å². The number of rotatable bonds is 3. The van der Waals surface area contributed by atoms with Gasteiger partial charge < -0.3 is 0 Å². The van der Waals surface area contributed by atoms with Gasteiger partial charge in [-0.2, -0.15) is 0 Å². The van der Waals surface area contributed by atoms with Crippen LogP contribution in [0, 0.1) is 0 Å². The van der Waals surface area contributed by atoms with Crippen molar-refractivity contribution in [2.45, 2.75) is 0 Å². The van der Waals surface area contributed by atoms with E-state index >= 15 is 0 Å². The molecule has 3 aromatic rings. The summed E-state index contributed by atoms with van der Waals surface area (Å²) in [5, 5.41) is 0. The molecule has 1 aromatic heterocycles. The van der Waals surface area contributed by atoms with Crippen molar-refractivity contribution in [1.29, 1.82) is 0 Å². The average molecular weight is 310 g/mol. The summed E-state index contributed by atoms with van der Waals surface area (Å²) < 4.78 is 2.79. The maximum atomic E-state index is 4.22. The zero-order valence-corrected chi connectivity index (χ0v) is 12.1. The minimum atomic E-state index is 0.327. The van der Waals surface area contributed by atoms with Crippen LogP contribution >= 0.6 is 0 Å². The zero-order chi connectivity index (χ0) is 12.9. The van der Waals surface area contributed by atoms with E-state index in [9.17, 15) is 0 Å². The van der Waals surface area contributed by atoms with Gasteiger partial charge in [0.1, 0.15) is 0 Å². The molecule has 0 fully saturated rings. The predicted octanol–water partition coefficient (Wildman–Crippen LogP) is 2.40. The molecule has 0 bridgehead atoms. The third-order valence-corrected chi connectivity index (χ3v) is 5.10. The van der Waals surface area contributed by atoms with Crippen molar-refractivity contribution in [2.75, 3.05) is 0 Å². The first kappa shape index (κ1) is 12.2. The van der Waals surface area contributed by atoms with Gasteiger partial charge in [-0.15, -0.1) is 0 Å². The summed E-state index contributed by atoms with van der Waals surface area (Å²) in [5.41, 5.74) is 2.48. The van der Waals surface area contributed by atoms with Gasteiger partial charge >= 0.3 is 119 Å². The summed E-state index contributed by atoms with van der Waals surface area (Å²) in [7, 11) is 0. The van der Waals surface area contributed by atoms with Crippen molar-refractivity contribution >= 4 is 23.9 Å². The second kappa shape index (κ2) is 5.83. The van der Waals surface area contributed by atoms with Crippen molar-refractivity contribution in [3.8, 4) is 11.1 Å². The van der Waals surface area contributed by atoms with Crippen molar-refractivity contribution in [1.82, 2.24) is 4.98 Å². The SMILES string of the molecule is c1ccc([Se]c2ccccc2-c2cccnc2)cc1. The first-order chi connectivity index (χ1) is 9.43. The molecule has 0 aliphatic rings. The molecule has 1 heterocycles. The summed E-state index contributed by atoms with van der Waals surface area (Å²) >= 11 is 0.327. The van der Waals surface area contributed by atoms with Crippen LogP contribution < -0.4 is 8.92 Å². The molecule has 0 saturated carbocycles. The van der Waals surface area contributed by atoms with Gasteiger partial charge in [-0.3, -0.25) is 0 Å². The Bertz CT molecular complexity index is 650. The molecule has 0 amide bonds. The van der Waals surface area contributed by atoms with Gasteiger partial charge in [0.05, 0.1) is 0 Å². The molecule has 19 heavy (non-hydrogen) atoms. The van der Waals surface area contributed by atoms with Crippen molar-refractivity contribution in [2.24, 2.45) is 0 Å². The monoisotopic (exact) mass is 311 g/mol. The number of hydrogen-bond acceptors (Lipinski definition) is 1. The summed E-state index contributed by atoms with van der Waals surface area (Å²) in [4.78, 5) is 4.22. The first-order valence-electron chi connectivity index (χ1n) is 6.16. The summed E-state index contributed by atoms with van der Waals surface area (Å²) in [6, 6.07) is 23.4. The zero-order valence-electron chi connectivity index (χ0n) is 10.4. The molecule has 0 unspecified atom stereocenters. The molecule has 92 valence electrons. The molecule has 1 nitrogen and oxygen atoms in total. The van der Waals surface area contributed by atoms with E-state index in [0.717, 1.165) is 0 Å².